The number of hydrogen-bond acceptors (Lipinski definition) is 8. The second kappa shape index (κ2) is 14.7. The highest BCUT2D eigenvalue weighted by Crippen LogP contribution is 2.49. The first kappa shape index (κ1) is 27.3. The monoisotopic (exact) mass is 512 g/mol. The Kier molecular flexibility index (Phi) is 11.2. The fourth-order valence-corrected chi connectivity index (χ4v) is 7.18. The van der Waals surface area contributed by atoms with Crippen molar-refractivity contribution in [3.05, 3.63) is 0 Å². The van der Waals surface area contributed by atoms with Crippen molar-refractivity contribution >= 4 is 0 Å². The van der Waals surface area contributed by atoms with Crippen molar-refractivity contribution in [1.29, 1.82) is 0 Å². The molecule has 0 N–H and O–H groups in total. The van der Waals surface area contributed by atoms with E-state index in [0.717, 1.165) is 0 Å². The van der Waals surface area contributed by atoms with E-state index in [1.165, 1.54) is 51.4 Å². The highest BCUT2D eigenvalue weighted by atomic mass is 16.6. The predicted octanol–water partition coefficient (Wildman–Crippen LogP) is 3.25. The van der Waals surface area contributed by atoms with Crippen LogP contribution in [0.3, 0.4) is 0 Å². The molecule has 8 atom stereocenters. The van der Waals surface area contributed by atoms with Gasteiger partial charge in [-0.05, 0) is 49.4 Å². The lowest BCUT2D eigenvalue weighted by molar-refractivity contribution is -0.224. The van der Waals surface area contributed by atoms with E-state index in [4.69, 9.17) is 37.9 Å². The maximum Gasteiger partial charge on any atom is 0.0872 e. The van der Waals surface area contributed by atoms with E-state index < -0.39 is 0 Å². The molecule has 0 radical (unpaired) electrons. The second-order valence-electron chi connectivity index (χ2n) is 11.0. The van der Waals surface area contributed by atoms with Gasteiger partial charge in [0.05, 0.1) is 104 Å². The maximum atomic E-state index is 6.24. The summed E-state index contributed by atoms with van der Waals surface area (Å²) in [7, 11) is 0. The topological polar surface area (TPSA) is 73.8 Å². The van der Waals surface area contributed by atoms with Gasteiger partial charge in [-0.15, -0.1) is 0 Å². The third-order valence-corrected chi connectivity index (χ3v) is 8.98. The van der Waals surface area contributed by atoms with Crippen LogP contribution in [0.5, 0.6) is 0 Å². The van der Waals surface area contributed by atoms with E-state index in [1.807, 2.05) is 0 Å². The average Bonchev–Trinajstić information content (AvgIpc) is 2.89. The Morgan fingerprint density at radius 1 is 0.278 bits per heavy atom. The Labute approximate surface area is 216 Å². The number of hydrogen-bond donors (Lipinski definition) is 0. The molecule has 5 fully saturated rings. The van der Waals surface area contributed by atoms with Crippen molar-refractivity contribution in [1.82, 2.24) is 0 Å². The van der Waals surface area contributed by atoms with E-state index in [9.17, 15) is 0 Å². The molecule has 1 aliphatic heterocycles. The molecule has 0 spiro atoms. The molecule has 8 unspecified atom stereocenters. The summed E-state index contributed by atoms with van der Waals surface area (Å²) in [4.78, 5) is 0. The Balaban J connectivity index is 1.05. The molecule has 1 saturated heterocycles. The van der Waals surface area contributed by atoms with E-state index in [-0.39, 0.29) is 24.4 Å². The predicted molar refractivity (Wildman–Crippen MR) is 133 cm³/mol. The lowest BCUT2D eigenvalue weighted by atomic mass is 9.61. The Bertz CT molecular complexity index is 516. The Morgan fingerprint density at radius 3 is 0.750 bits per heavy atom. The van der Waals surface area contributed by atoms with Crippen LogP contribution in [0.2, 0.25) is 0 Å². The highest BCUT2D eigenvalue weighted by Gasteiger charge is 2.53. The van der Waals surface area contributed by atoms with Crippen LogP contribution in [0.15, 0.2) is 0 Å². The van der Waals surface area contributed by atoms with Gasteiger partial charge in [-0.1, -0.05) is 25.7 Å². The zero-order chi connectivity index (χ0) is 24.4. The summed E-state index contributed by atoms with van der Waals surface area (Å²) in [5.74, 6) is 2.56. The van der Waals surface area contributed by atoms with Gasteiger partial charge in [-0.3, -0.25) is 0 Å². The van der Waals surface area contributed by atoms with Gasteiger partial charge in [0.25, 0.3) is 0 Å². The van der Waals surface area contributed by atoms with Crippen molar-refractivity contribution < 1.29 is 37.9 Å². The van der Waals surface area contributed by atoms with E-state index in [2.05, 4.69) is 0 Å². The van der Waals surface area contributed by atoms with Crippen molar-refractivity contribution in [2.24, 2.45) is 23.7 Å². The van der Waals surface area contributed by atoms with E-state index in [1.54, 1.807) is 0 Å². The van der Waals surface area contributed by atoms with Crippen LogP contribution in [-0.2, 0) is 37.9 Å². The van der Waals surface area contributed by atoms with Gasteiger partial charge in [0.15, 0.2) is 0 Å². The van der Waals surface area contributed by atoms with E-state index in [0.29, 0.717) is 103 Å². The van der Waals surface area contributed by atoms with Gasteiger partial charge < -0.3 is 37.9 Å². The molecule has 208 valence electrons. The molecule has 0 aromatic rings. The minimum absolute atomic E-state index is 0.195. The first-order valence-electron chi connectivity index (χ1n) is 14.7. The molecule has 4 saturated carbocycles. The molecule has 8 heteroatoms. The lowest BCUT2D eigenvalue weighted by Gasteiger charge is -2.53. The van der Waals surface area contributed by atoms with Gasteiger partial charge in [-0.2, -0.15) is 0 Å². The van der Waals surface area contributed by atoms with Crippen LogP contribution in [0.4, 0.5) is 0 Å². The molecule has 8 nitrogen and oxygen atoms in total. The Hall–Kier alpha value is -0.320. The summed E-state index contributed by atoms with van der Waals surface area (Å²) < 4.78 is 48.0. The minimum atomic E-state index is 0.195. The van der Waals surface area contributed by atoms with Crippen LogP contribution in [0.25, 0.3) is 0 Å². The van der Waals surface area contributed by atoms with Crippen LogP contribution < -0.4 is 0 Å². The first-order chi connectivity index (χ1) is 17.9. The maximum absolute atomic E-state index is 6.24. The van der Waals surface area contributed by atoms with Gasteiger partial charge in [0.2, 0.25) is 0 Å². The van der Waals surface area contributed by atoms with Crippen molar-refractivity contribution in [3.63, 3.8) is 0 Å². The van der Waals surface area contributed by atoms with Crippen LogP contribution in [0.1, 0.15) is 51.4 Å². The van der Waals surface area contributed by atoms with Crippen LogP contribution in [0, 0.1) is 23.7 Å². The molecular weight excluding hydrogens is 464 g/mol. The standard InChI is InChI=1S/C28H48O8/c1-2-6-22-21(5-1)25-26(22)34-18-14-30-11-12-32-16-20-36-28-24-8-4-3-7-23(24)27(28)35-19-15-31-10-9-29-13-17-33-25/h21-28H,1-20H2. The summed E-state index contributed by atoms with van der Waals surface area (Å²) in [5.41, 5.74) is 0. The van der Waals surface area contributed by atoms with Crippen molar-refractivity contribution in [2.45, 2.75) is 75.8 Å². The number of ether oxygens (including phenoxy) is 8. The summed E-state index contributed by atoms with van der Waals surface area (Å²) >= 11 is 0. The fourth-order valence-electron chi connectivity index (χ4n) is 7.18. The summed E-state index contributed by atoms with van der Waals surface area (Å²) in [6.45, 7) is 7.12. The number of rotatable bonds is 0. The third-order valence-electron chi connectivity index (χ3n) is 8.98. The number of fused-ring (bicyclic) bond motifs is 8. The van der Waals surface area contributed by atoms with Gasteiger partial charge >= 0.3 is 0 Å². The normalized spacial score (nSPS) is 42.7. The second-order valence-corrected chi connectivity index (χ2v) is 11.0. The largest absolute Gasteiger partial charge is 0.377 e. The average molecular weight is 513 g/mol. The molecule has 0 aromatic heterocycles. The lowest BCUT2D eigenvalue weighted by Crippen LogP contribution is -2.59. The summed E-state index contributed by atoms with van der Waals surface area (Å²) in [6, 6.07) is 0. The summed E-state index contributed by atoms with van der Waals surface area (Å²) in [6.07, 6.45) is 11.0. The molecule has 0 amide bonds. The molecule has 5 aliphatic rings. The summed E-state index contributed by atoms with van der Waals surface area (Å²) in [5, 5.41) is 0. The smallest absolute Gasteiger partial charge is 0.0872 e. The molecule has 4 aliphatic carbocycles. The quantitative estimate of drug-likeness (QED) is 0.490. The van der Waals surface area contributed by atoms with Crippen molar-refractivity contribution in [2.75, 3.05) is 79.3 Å². The van der Waals surface area contributed by atoms with Gasteiger partial charge in [-0.25, -0.2) is 0 Å². The van der Waals surface area contributed by atoms with E-state index >= 15 is 0 Å². The van der Waals surface area contributed by atoms with Gasteiger partial charge in [0, 0.05) is 0 Å². The van der Waals surface area contributed by atoms with Gasteiger partial charge in [0.1, 0.15) is 0 Å². The zero-order valence-corrected chi connectivity index (χ0v) is 22.0. The molecule has 1 heterocycles. The molecule has 36 heavy (non-hydrogen) atoms. The SMILES string of the molecule is C1CCC2C(C1)C1OCCOCCOCCOC3C4CCCCC4C3OCCOCCOCCOC21. The molecule has 5 rings (SSSR count). The highest BCUT2D eigenvalue weighted by molar-refractivity contribution is 5.02. The fraction of sp³-hybridized carbons (Fsp3) is 1.00. The zero-order valence-electron chi connectivity index (χ0n) is 22.0. The Morgan fingerprint density at radius 2 is 0.500 bits per heavy atom. The molecule has 0 aromatic carbocycles. The molecule has 0 bridgehead atoms. The van der Waals surface area contributed by atoms with Crippen molar-refractivity contribution in [3.8, 4) is 0 Å². The minimum Gasteiger partial charge on any atom is -0.377 e. The molecular formula is C28H48O8. The first-order valence-corrected chi connectivity index (χ1v) is 14.7. The van der Waals surface area contributed by atoms with Crippen LogP contribution >= 0.6 is 0 Å². The third kappa shape index (κ3) is 7.00. The van der Waals surface area contributed by atoms with Crippen LogP contribution in [-0.4, -0.2) is 104 Å².